The third-order valence-corrected chi connectivity index (χ3v) is 9.38. The Hall–Kier alpha value is -3.70. The molecule has 0 N–H and O–H groups in total. The van der Waals surface area contributed by atoms with Crippen molar-refractivity contribution in [3.63, 3.8) is 0 Å². The van der Waals surface area contributed by atoms with Crippen molar-refractivity contribution < 1.29 is 27.3 Å². The Morgan fingerprint density at radius 2 is 1.54 bits per heavy atom. The molecule has 0 unspecified atom stereocenters. The van der Waals surface area contributed by atoms with Crippen LogP contribution >= 0.6 is 11.3 Å². The third-order valence-electron chi connectivity index (χ3n) is 7.94. The van der Waals surface area contributed by atoms with Gasteiger partial charge in [0.2, 0.25) is 0 Å². The van der Waals surface area contributed by atoms with E-state index >= 15 is 0 Å². The fourth-order valence-electron chi connectivity index (χ4n) is 5.74. The van der Waals surface area contributed by atoms with Crippen molar-refractivity contribution >= 4 is 43.5 Å². The Bertz CT molecular complexity index is 2320. The molecule has 0 aliphatic carbocycles. The number of thiazole rings is 1. The molecule has 1 radical (unpaired) electrons. The zero-order chi connectivity index (χ0) is 36.9. The van der Waals surface area contributed by atoms with Gasteiger partial charge in [-0.3, -0.25) is 0 Å². The van der Waals surface area contributed by atoms with Gasteiger partial charge in [-0.1, -0.05) is 110 Å². The summed E-state index contributed by atoms with van der Waals surface area (Å²) >= 11 is 1.70. The Morgan fingerprint density at radius 3 is 2.18 bits per heavy atom. The summed E-state index contributed by atoms with van der Waals surface area (Å²) in [6.45, 7) is 21.0. The number of nitrogens with zero attached hydrogens (tertiary/aromatic N) is 3. The van der Waals surface area contributed by atoms with Crippen LogP contribution in [0.15, 0.2) is 83.5 Å². The number of benzene rings is 3. The number of pyridine rings is 2. The summed E-state index contributed by atoms with van der Waals surface area (Å²) in [5, 5.41) is 3.08. The molecule has 0 saturated carbocycles. The van der Waals surface area contributed by atoms with Gasteiger partial charge in [0.15, 0.2) is 0 Å². The average molecular weight is 860 g/mol. The first-order valence-corrected chi connectivity index (χ1v) is 17.7. The van der Waals surface area contributed by atoms with Crippen LogP contribution in [-0.4, -0.2) is 15.0 Å². The van der Waals surface area contributed by atoms with Crippen LogP contribution in [0.5, 0.6) is 0 Å². The van der Waals surface area contributed by atoms with Gasteiger partial charge >= 0.3 is 0 Å². The first-order valence-electron chi connectivity index (χ1n) is 17.9. The molecule has 7 aromatic rings. The minimum Gasteiger partial charge on any atom is -0.498 e. The van der Waals surface area contributed by atoms with Gasteiger partial charge in [0.1, 0.15) is 11.1 Å². The smallest absolute Gasteiger partial charge is 0.148 e. The van der Waals surface area contributed by atoms with E-state index < -0.39 is 11.8 Å². The van der Waals surface area contributed by atoms with Crippen LogP contribution in [0.2, 0.25) is 0 Å². The van der Waals surface area contributed by atoms with E-state index in [1.807, 2.05) is 51.2 Å². The van der Waals surface area contributed by atoms with Crippen molar-refractivity contribution in [2.75, 3.05) is 0 Å². The molecular formula is C44H47IrN3OS-2. The van der Waals surface area contributed by atoms with Gasteiger partial charge in [-0.2, -0.15) is 0 Å². The molecule has 0 aliphatic heterocycles. The van der Waals surface area contributed by atoms with Crippen LogP contribution in [0, 0.1) is 29.9 Å². The first-order chi connectivity index (χ1) is 23.8. The average Bonchev–Trinajstić information content (AvgIpc) is 3.67. The fraction of sp³-hybridized carbons (Fsp3) is 0.341. The number of furan rings is 1. The Kier molecular flexibility index (Phi) is 10.1. The van der Waals surface area contributed by atoms with Gasteiger partial charge < -0.3 is 14.4 Å². The molecule has 6 heteroatoms. The summed E-state index contributed by atoms with van der Waals surface area (Å²) in [4.78, 5) is 14.0. The van der Waals surface area contributed by atoms with Gasteiger partial charge in [0.05, 0.1) is 15.3 Å². The second-order valence-corrected chi connectivity index (χ2v) is 17.2. The molecule has 0 atom stereocenters. The van der Waals surface area contributed by atoms with E-state index in [1.54, 1.807) is 23.6 Å². The van der Waals surface area contributed by atoms with Crippen LogP contribution in [-0.2, 0) is 38.3 Å². The maximum absolute atomic E-state index is 8.67. The van der Waals surface area contributed by atoms with Crippen molar-refractivity contribution in [1.82, 2.24) is 15.0 Å². The van der Waals surface area contributed by atoms with Crippen molar-refractivity contribution in [2.45, 2.75) is 87.4 Å². The molecule has 0 spiro atoms. The molecule has 7 rings (SSSR count). The zero-order valence-electron chi connectivity index (χ0n) is 32.7. The van der Waals surface area contributed by atoms with E-state index in [9.17, 15) is 0 Å². The Labute approximate surface area is 318 Å². The molecule has 0 saturated heterocycles. The Balaban J connectivity index is 0.000000234. The van der Waals surface area contributed by atoms with E-state index in [1.165, 1.54) is 11.1 Å². The molecule has 0 fully saturated rings. The van der Waals surface area contributed by atoms with Gasteiger partial charge in [0.25, 0.3) is 0 Å². The molecule has 0 aliphatic rings. The second-order valence-electron chi connectivity index (χ2n) is 16.1. The molecule has 0 bridgehead atoms. The van der Waals surface area contributed by atoms with Crippen molar-refractivity contribution in [1.29, 1.82) is 0 Å². The first kappa shape index (κ1) is 34.7. The van der Waals surface area contributed by atoms with Gasteiger partial charge in [-0.25, -0.2) is 4.98 Å². The molecule has 50 heavy (non-hydrogen) atoms. The molecule has 4 heterocycles. The molecule has 261 valence electrons. The predicted molar refractivity (Wildman–Crippen MR) is 207 cm³/mol. The summed E-state index contributed by atoms with van der Waals surface area (Å²) < 4.78 is 24.9. The zero-order valence-corrected chi connectivity index (χ0v) is 33.9. The number of fused-ring (bicyclic) bond motifs is 5. The largest absolute Gasteiger partial charge is 0.498 e. The monoisotopic (exact) mass is 860 g/mol. The number of aromatic nitrogens is 3. The van der Waals surface area contributed by atoms with E-state index in [4.69, 9.17) is 12.1 Å². The van der Waals surface area contributed by atoms with Crippen LogP contribution < -0.4 is 0 Å². The number of hydrogen-bond acceptors (Lipinski definition) is 5. The number of aryl methyl sites for hydroxylation is 1. The van der Waals surface area contributed by atoms with Crippen molar-refractivity contribution in [3.8, 4) is 22.5 Å². The van der Waals surface area contributed by atoms with Gasteiger partial charge in [0, 0.05) is 46.0 Å². The topological polar surface area (TPSA) is 51.8 Å². The molecule has 3 aromatic carbocycles. The minimum atomic E-state index is -1.51. The van der Waals surface area contributed by atoms with E-state index in [-0.39, 0.29) is 25.5 Å². The quantitative estimate of drug-likeness (QED) is 0.165. The summed E-state index contributed by atoms with van der Waals surface area (Å²) in [6, 6.07) is 28.6. The second kappa shape index (κ2) is 14.5. The standard InChI is InChI=1S/C27H27N2OS.C17H20N.Ir/c1-26(2,3)15-16-12-13-28-20(14-16)19-9-7-8-17-18-10-11-21-22(24(18)30-23(17)19)29-25(31-21)27(4,5)6;1-13-5-8-15(9-6-13)16-10-7-14(12-18-16)11-17(2,3)4;/h7-8,10-14H,15H2,1-6H3;5-8,10,12H,11H2,1-4H3;/q2*-1;/i15D2;;. The minimum absolute atomic E-state index is 0. The van der Waals surface area contributed by atoms with Crippen LogP contribution in [0.4, 0.5) is 0 Å². The van der Waals surface area contributed by atoms with Gasteiger partial charge in [-0.15, -0.1) is 64.9 Å². The number of rotatable bonds is 4. The maximum atomic E-state index is 8.67. The van der Waals surface area contributed by atoms with Crippen LogP contribution in [0.1, 0.15) is 86.8 Å². The van der Waals surface area contributed by atoms with Crippen molar-refractivity contribution in [2.24, 2.45) is 10.8 Å². The maximum Gasteiger partial charge on any atom is 0.148 e. The predicted octanol–water partition coefficient (Wildman–Crippen LogP) is 12.4. The third kappa shape index (κ3) is 8.77. The van der Waals surface area contributed by atoms with E-state index in [0.717, 1.165) is 54.8 Å². The Morgan fingerprint density at radius 1 is 0.780 bits per heavy atom. The fourth-order valence-corrected chi connectivity index (χ4v) is 6.76. The SMILES string of the molecule is Cc1c[c-]c(-c2ccc(CC(C)(C)C)cn2)cc1.[2H]C([2H])(c1ccnc(-c2[c-]ccc3c2oc2c3ccc3sc(C(C)(C)C)nc32)c1)C(C)(C)C.[Ir]. The van der Waals surface area contributed by atoms with Gasteiger partial charge in [-0.05, 0) is 52.7 Å². The summed E-state index contributed by atoms with van der Waals surface area (Å²) in [5.74, 6) is 0. The number of hydrogen-bond donors (Lipinski definition) is 0. The summed E-state index contributed by atoms with van der Waals surface area (Å²) in [6.07, 6.45) is 3.19. The van der Waals surface area contributed by atoms with E-state index in [0.29, 0.717) is 22.3 Å². The summed E-state index contributed by atoms with van der Waals surface area (Å²) in [5.41, 5.74) is 8.62. The van der Waals surface area contributed by atoms with E-state index in [2.05, 4.69) is 107 Å². The molecule has 0 amide bonds. The summed E-state index contributed by atoms with van der Waals surface area (Å²) in [7, 11) is 0. The van der Waals surface area contributed by atoms with Crippen LogP contribution in [0.3, 0.4) is 0 Å². The molecule has 4 nitrogen and oxygen atoms in total. The van der Waals surface area contributed by atoms with Crippen molar-refractivity contribution in [3.05, 3.63) is 113 Å². The molecular weight excluding hydrogens is 811 g/mol. The van der Waals surface area contributed by atoms with Crippen LogP contribution in [0.25, 0.3) is 54.7 Å². The normalized spacial score (nSPS) is 13.1. The molecule has 4 aromatic heterocycles.